The van der Waals surface area contributed by atoms with E-state index in [4.69, 9.17) is 0 Å². The molecule has 1 heterocycles. The monoisotopic (exact) mass is 288 g/mol. The van der Waals surface area contributed by atoms with Crippen LogP contribution in [0.4, 0.5) is 13.2 Å². The average molecular weight is 288 g/mol. The van der Waals surface area contributed by atoms with E-state index >= 15 is 0 Å². The molecule has 0 spiro atoms. The van der Waals surface area contributed by atoms with Crippen LogP contribution in [0, 0.1) is 11.8 Å². The van der Waals surface area contributed by atoms with Gasteiger partial charge in [-0.3, -0.25) is 4.79 Å². The summed E-state index contributed by atoms with van der Waals surface area (Å²) in [6.45, 7) is 1.75. The Kier molecular flexibility index (Phi) is 3.99. The molecule has 4 nitrogen and oxygen atoms in total. The maximum Gasteiger partial charge on any atom is 0.412 e. The summed E-state index contributed by atoms with van der Waals surface area (Å²) >= 11 is 0. The second-order valence-corrected chi connectivity index (χ2v) is 5.03. The molecule has 110 valence electrons. The van der Waals surface area contributed by atoms with Crippen molar-refractivity contribution in [3.05, 3.63) is 23.8 Å². The van der Waals surface area contributed by atoms with Crippen molar-refractivity contribution in [2.75, 3.05) is 0 Å². The smallest absolute Gasteiger partial charge is 0.383 e. The number of nitrogens with one attached hydrogen (secondary N) is 1. The van der Waals surface area contributed by atoms with Crippen molar-refractivity contribution in [1.82, 2.24) is 5.43 Å². The van der Waals surface area contributed by atoms with Crippen LogP contribution in [0.1, 0.15) is 19.8 Å². The van der Waals surface area contributed by atoms with Gasteiger partial charge in [0, 0.05) is 23.6 Å². The molecule has 1 amide bonds. The van der Waals surface area contributed by atoms with E-state index in [1.54, 1.807) is 13.0 Å². The Hall–Kier alpha value is -1.63. The van der Waals surface area contributed by atoms with E-state index in [-0.39, 0.29) is 24.7 Å². The lowest BCUT2D eigenvalue weighted by Gasteiger charge is -2.28. The molecule has 0 aromatic heterocycles. The predicted octanol–water partition coefficient (Wildman–Crippen LogP) is 1.92. The highest BCUT2D eigenvalue weighted by Gasteiger charge is 2.37. The molecule has 0 saturated carbocycles. The van der Waals surface area contributed by atoms with Gasteiger partial charge >= 0.3 is 6.18 Å². The zero-order valence-corrected chi connectivity index (χ0v) is 10.8. The number of allylic oxidation sites excluding steroid dienone is 4. The number of hydrogen-bond acceptors (Lipinski definition) is 3. The lowest BCUT2D eigenvalue weighted by atomic mass is 9.80. The Morgan fingerprint density at radius 2 is 2.15 bits per heavy atom. The summed E-state index contributed by atoms with van der Waals surface area (Å²) in [7, 11) is 0. The van der Waals surface area contributed by atoms with Gasteiger partial charge in [0.2, 0.25) is 0 Å². The maximum absolute atomic E-state index is 12.7. The van der Waals surface area contributed by atoms with Crippen molar-refractivity contribution >= 4 is 11.6 Å². The Morgan fingerprint density at radius 3 is 2.75 bits per heavy atom. The number of hydrogen-bond donors (Lipinski definition) is 2. The molecule has 2 rings (SSSR count). The lowest BCUT2D eigenvalue weighted by Crippen LogP contribution is -2.41. The lowest BCUT2D eigenvalue weighted by molar-refractivity contribution is -0.129. The third-order valence-electron chi connectivity index (χ3n) is 3.66. The highest BCUT2D eigenvalue weighted by molar-refractivity contribution is 5.96. The number of rotatable bonds is 2. The van der Waals surface area contributed by atoms with Crippen LogP contribution in [-0.2, 0) is 4.79 Å². The zero-order valence-electron chi connectivity index (χ0n) is 10.8. The molecule has 0 saturated heterocycles. The van der Waals surface area contributed by atoms with Crippen LogP contribution in [0.2, 0.25) is 0 Å². The van der Waals surface area contributed by atoms with Crippen LogP contribution in [-0.4, -0.2) is 29.0 Å². The molecule has 0 aromatic carbocycles. The van der Waals surface area contributed by atoms with Crippen LogP contribution < -0.4 is 5.43 Å². The Bertz CT molecular complexity index is 494. The van der Waals surface area contributed by atoms with Crippen molar-refractivity contribution in [2.24, 2.45) is 16.9 Å². The normalized spacial score (nSPS) is 28.6. The second kappa shape index (κ2) is 5.40. The number of halogens is 3. The van der Waals surface area contributed by atoms with Gasteiger partial charge in [-0.05, 0) is 12.3 Å². The van der Waals surface area contributed by atoms with E-state index in [1.807, 2.05) is 0 Å². The van der Waals surface area contributed by atoms with E-state index in [0.29, 0.717) is 5.71 Å². The van der Waals surface area contributed by atoms with E-state index < -0.39 is 23.8 Å². The fraction of sp³-hybridized carbons (Fsp3) is 0.538. The van der Waals surface area contributed by atoms with Crippen molar-refractivity contribution in [3.63, 3.8) is 0 Å². The number of hydrazone groups is 1. The van der Waals surface area contributed by atoms with Gasteiger partial charge in [0.05, 0.1) is 0 Å². The standard InChI is InChI=1S/C13H15F3N2O2/c1-7(10-6-11(19)12(20)18-17-10)8-3-2-4-9(5-8)13(14,15)16/h2-4,7-8,11,19H,5-6H2,1H3,(H,18,20). The van der Waals surface area contributed by atoms with Crippen LogP contribution in [0.15, 0.2) is 28.9 Å². The molecule has 3 atom stereocenters. The summed E-state index contributed by atoms with van der Waals surface area (Å²) in [6.07, 6.45) is -1.41. The van der Waals surface area contributed by atoms with Gasteiger partial charge in [0.15, 0.2) is 0 Å². The number of amides is 1. The molecule has 0 bridgehead atoms. The van der Waals surface area contributed by atoms with Gasteiger partial charge in [-0.15, -0.1) is 0 Å². The van der Waals surface area contributed by atoms with E-state index in [1.165, 1.54) is 6.08 Å². The van der Waals surface area contributed by atoms with Gasteiger partial charge in [-0.2, -0.15) is 18.3 Å². The molecular formula is C13H15F3N2O2. The first-order chi connectivity index (χ1) is 9.29. The van der Waals surface area contributed by atoms with Crippen LogP contribution in [0.25, 0.3) is 0 Å². The van der Waals surface area contributed by atoms with Gasteiger partial charge in [0.1, 0.15) is 6.10 Å². The first-order valence-electron chi connectivity index (χ1n) is 6.28. The number of aliphatic hydroxyl groups excluding tert-OH is 1. The minimum Gasteiger partial charge on any atom is -0.383 e. The van der Waals surface area contributed by atoms with E-state index in [2.05, 4.69) is 10.5 Å². The summed E-state index contributed by atoms with van der Waals surface area (Å²) in [6, 6.07) is 0. The SMILES string of the molecule is CC(C1=NNC(=O)C(O)C1)C1C=CC=C(C(F)(F)F)C1. The Balaban J connectivity index is 2.08. The number of carbonyl (C=O) groups excluding carboxylic acids is 1. The molecule has 20 heavy (non-hydrogen) atoms. The third kappa shape index (κ3) is 3.09. The second-order valence-electron chi connectivity index (χ2n) is 5.03. The molecule has 2 N–H and O–H groups in total. The predicted molar refractivity (Wildman–Crippen MR) is 66.8 cm³/mol. The van der Waals surface area contributed by atoms with Crippen molar-refractivity contribution in [1.29, 1.82) is 0 Å². The Labute approximate surface area is 114 Å². The first kappa shape index (κ1) is 14.8. The van der Waals surface area contributed by atoms with Gasteiger partial charge in [0.25, 0.3) is 5.91 Å². The molecule has 1 aliphatic heterocycles. The highest BCUT2D eigenvalue weighted by Crippen LogP contribution is 2.36. The molecule has 7 heteroatoms. The van der Waals surface area contributed by atoms with Crippen molar-refractivity contribution in [3.8, 4) is 0 Å². The minimum absolute atomic E-state index is 0.0579. The molecule has 0 aromatic rings. The van der Waals surface area contributed by atoms with Crippen LogP contribution >= 0.6 is 0 Å². The van der Waals surface area contributed by atoms with Crippen molar-refractivity contribution in [2.45, 2.75) is 32.0 Å². The molecular weight excluding hydrogens is 273 g/mol. The molecule has 3 unspecified atom stereocenters. The maximum atomic E-state index is 12.7. The average Bonchev–Trinajstić information content (AvgIpc) is 2.40. The number of aliphatic hydroxyl groups is 1. The summed E-state index contributed by atoms with van der Waals surface area (Å²) in [5.41, 5.74) is 2.12. The molecule has 1 aliphatic carbocycles. The number of carbonyl (C=O) groups is 1. The third-order valence-corrected chi connectivity index (χ3v) is 3.66. The quantitative estimate of drug-likeness (QED) is 0.815. The highest BCUT2D eigenvalue weighted by atomic mass is 19.4. The minimum atomic E-state index is -4.33. The largest absolute Gasteiger partial charge is 0.412 e. The van der Waals surface area contributed by atoms with Crippen LogP contribution in [0.3, 0.4) is 0 Å². The zero-order chi connectivity index (χ0) is 14.9. The summed E-state index contributed by atoms with van der Waals surface area (Å²) < 4.78 is 38.1. The van der Waals surface area contributed by atoms with Crippen LogP contribution in [0.5, 0.6) is 0 Å². The van der Waals surface area contributed by atoms with Gasteiger partial charge in [-0.1, -0.05) is 25.2 Å². The topological polar surface area (TPSA) is 61.7 Å². The van der Waals surface area contributed by atoms with Gasteiger partial charge < -0.3 is 5.11 Å². The summed E-state index contributed by atoms with van der Waals surface area (Å²) in [5.74, 6) is -1.22. The summed E-state index contributed by atoms with van der Waals surface area (Å²) in [4.78, 5) is 11.1. The molecule has 0 radical (unpaired) electrons. The Morgan fingerprint density at radius 1 is 1.45 bits per heavy atom. The van der Waals surface area contributed by atoms with Gasteiger partial charge in [-0.25, -0.2) is 5.43 Å². The first-order valence-corrected chi connectivity index (χ1v) is 6.28. The van der Waals surface area contributed by atoms with E-state index in [9.17, 15) is 23.1 Å². The number of nitrogens with zero attached hydrogens (tertiary/aromatic N) is 1. The summed E-state index contributed by atoms with van der Waals surface area (Å²) in [5, 5.41) is 13.3. The fourth-order valence-electron chi connectivity index (χ4n) is 2.33. The number of alkyl halides is 3. The van der Waals surface area contributed by atoms with Crippen molar-refractivity contribution < 1.29 is 23.1 Å². The van der Waals surface area contributed by atoms with E-state index in [0.717, 1.165) is 6.08 Å². The fourth-order valence-corrected chi connectivity index (χ4v) is 2.33. The molecule has 0 fully saturated rings. The molecule has 2 aliphatic rings.